The van der Waals surface area contributed by atoms with Crippen molar-refractivity contribution < 1.29 is 17.9 Å². The van der Waals surface area contributed by atoms with Crippen LogP contribution in [0.1, 0.15) is 30.9 Å². The molecule has 3 aromatic rings. The first-order valence-electron chi connectivity index (χ1n) is 10.3. The number of rotatable bonds is 8. The number of hydrogen-bond acceptors (Lipinski definition) is 4. The number of anilines is 2. The van der Waals surface area contributed by atoms with Crippen LogP contribution in [-0.4, -0.2) is 28.0 Å². The van der Waals surface area contributed by atoms with Crippen LogP contribution in [-0.2, 0) is 14.8 Å². The van der Waals surface area contributed by atoms with Crippen molar-refractivity contribution in [2.24, 2.45) is 0 Å². The monoisotopic (exact) mass is 452 g/mol. The van der Waals surface area contributed by atoms with Gasteiger partial charge in [0.25, 0.3) is 10.0 Å². The number of para-hydroxylation sites is 2. The summed E-state index contributed by atoms with van der Waals surface area (Å²) in [4.78, 5) is 13.1. The lowest BCUT2D eigenvalue weighted by Gasteiger charge is -2.25. The van der Waals surface area contributed by atoms with Gasteiger partial charge in [-0.25, -0.2) is 8.42 Å². The van der Waals surface area contributed by atoms with Crippen molar-refractivity contribution in [2.75, 3.05) is 23.3 Å². The zero-order valence-electron chi connectivity index (χ0n) is 18.7. The maximum atomic E-state index is 13.5. The second-order valence-electron chi connectivity index (χ2n) is 7.76. The van der Waals surface area contributed by atoms with Crippen LogP contribution in [0, 0.1) is 6.92 Å². The van der Waals surface area contributed by atoms with E-state index in [9.17, 15) is 13.2 Å². The smallest absolute Gasteiger partial charge is 0.264 e. The maximum absolute atomic E-state index is 13.5. The molecule has 0 bridgehead atoms. The Labute approximate surface area is 189 Å². The molecular weight excluding hydrogens is 424 g/mol. The van der Waals surface area contributed by atoms with Gasteiger partial charge in [0, 0.05) is 5.69 Å². The van der Waals surface area contributed by atoms with Crippen molar-refractivity contribution in [3.63, 3.8) is 0 Å². The van der Waals surface area contributed by atoms with Crippen LogP contribution in [0.15, 0.2) is 77.7 Å². The third-order valence-electron chi connectivity index (χ3n) is 5.17. The molecule has 3 aromatic carbocycles. The van der Waals surface area contributed by atoms with Crippen LogP contribution in [0.5, 0.6) is 5.75 Å². The second kappa shape index (κ2) is 9.87. The molecule has 0 atom stereocenters. The summed E-state index contributed by atoms with van der Waals surface area (Å²) in [5.41, 5.74) is 3.06. The lowest BCUT2D eigenvalue weighted by atomic mass is 9.98. The molecule has 0 aliphatic heterocycles. The van der Waals surface area contributed by atoms with E-state index in [-0.39, 0.29) is 17.4 Å². The second-order valence-corrected chi connectivity index (χ2v) is 9.63. The van der Waals surface area contributed by atoms with E-state index in [0.717, 1.165) is 21.1 Å². The Balaban J connectivity index is 1.95. The van der Waals surface area contributed by atoms with Gasteiger partial charge < -0.3 is 10.1 Å². The average molecular weight is 453 g/mol. The van der Waals surface area contributed by atoms with Gasteiger partial charge in [-0.3, -0.25) is 9.10 Å². The predicted octanol–water partition coefficient (Wildman–Crippen LogP) is 4.96. The molecule has 0 fully saturated rings. The summed E-state index contributed by atoms with van der Waals surface area (Å²) in [6.45, 7) is 5.67. The molecule has 3 rings (SSSR count). The molecule has 0 aliphatic carbocycles. The molecule has 32 heavy (non-hydrogen) atoms. The van der Waals surface area contributed by atoms with E-state index in [1.807, 2.05) is 25.1 Å². The van der Waals surface area contributed by atoms with Crippen molar-refractivity contribution in [3.8, 4) is 5.75 Å². The molecule has 0 aromatic heterocycles. The number of sulfonamides is 1. The predicted molar refractivity (Wildman–Crippen MR) is 128 cm³/mol. The highest BCUT2D eigenvalue weighted by Gasteiger charge is 2.27. The average Bonchev–Trinajstić information content (AvgIpc) is 2.79. The van der Waals surface area contributed by atoms with Gasteiger partial charge in [-0.1, -0.05) is 50.2 Å². The fraction of sp³-hybridized carbons (Fsp3) is 0.240. The molecule has 0 saturated heterocycles. The van der Waals surface area contributed by atoms with E-state index >= 15 is 0 Å². The minimum absolute atomic E-state index is 0.0775. The molecule has 7 heteroatoms. The van der Waals surface area contributed by atoms with Crippen LogP contribution in [0.25, 0.3) is 0 Å². The van der Waals surface area contributed by atoms with E-state index in [1.54, 1.807) is 42.5 Å². The largest absolute Gasteiger partial charge is 0.497 e. The van der Waals surface area contributed by atoms with Gasteiger partial charge in [0.05, 0.1) is 17.7 Å². The lowest BCUT2D eigenvalue weighted by molar-refractivity contribution is -0.114. The van der Waals surface area contributed by atoms with Gasteiger partial charge in [0.15, 0.2) is 0 Å². The number of nitrogens with zero attached hydrogens (tertiary/aromatic N) is 1. The van der Waals surface area contributed by atoms with Crippen molar-refractivity contribution in [3.05, 3.63) is 83.9 Å². The first-order chi connectivity index (χ1) is 15.2. The molecule has 1 N–H and O–H groups in total. The van der Waals surface area contributed by atoms with Crippen molar-refractivity contribution in [1.82, 2.24) is 0 Å². The minimum Gasteiger partial charge on any atom is -0.497 e. The van der Waals surface area contributed by atoms with E-state index < -0.39 is 15.9 Å². The number of carbonyl (C=O) groups excluding carboxylic acids is 1. The highest BCUT2D eigenvalue weighted by molar-refractivity contribution is 7.92. The first-order valence-corrected chi connectivity index (χ1v) is 11.8. The van der Waals surface area contributed by atoms with Gasteiger partial charge in [0.1, 0.15) is 12.3 Å². The van der Waals surface area contributed by atoms with Crippen LogP contribution >= 0.6 is 0 Å². The maximum Gasteiger partial charge on any atom is 0.264 e. The number of carbonyl (C=O) groups is 1. The number of ether oxygens (including phenoxy) is 1. The number of hydrogen-bond donors (Lipinski definition) is 1. The first kappa shape index (κ1) is 23.3. The molecule has 0 unspecified atom stereocenters. The van der Waals surface area contributed by atoms with Crippen molar-refractivity contribution >= 4 is 27.3 Å². The summed E-state index contributed by atoms with van der Waals surface area (Å²) < 4.78 is 33.2. The summed E-state index contributed by atoms with van der Waals surface area (Å²) in [7, 11) is -2.47. The SMILES string of the molecule is COc1ccc(S(=O)(=O)N(CC(=O)Nc2c(C)cccc2C(C)C)c2ccccc2)cc1. The lowest BCUT2D eigenvalue weighted by Crippen LogP contribution is -2.38. The fourth-order valence-electron chi connectivity index (χ4n) is 3.44. The Morgan fingerprint density at radius 2 is 1.62 bits per heavy atom. The van der Waals surface area contributed by atoms with Crippen LogP contribution in [0.4, 0.5) is 11.4 Å². The summed E-state index contributed by atoms with van der Waals surface area (Å²) >= 11 is 0. The molecular formula is C25H28N2O4S. The minimum atomic E-state index is -3.99. The highest BCUT2D eigenvalue weighted by Crippen LogP contribution is 2.28. The van der Waals surface area contributed by atoms with Gasteiger partial charge in [0.2, 0.25) is 5.91 Å². The van der Waals surface area contributed by atoms with Crippen molar-refractivity contribution in [2.45, 2.75) is 31.6 Å². The molecule has 0 radical (unpaired) electrons. The Bertz CT molecular complexity index is 1170. The zero-order chi connectivity index (χ0) is 23.3. The Hall–Kier alpha value is -3.32. The summed E-state index contributed by atoms with van der Waals surface area (Å²) in [5.74, 6) is 0.342. The number of aryl methyl sites for hydroxylation is 1. The normalized spacial score (nSPS) is 11.3. The van der Waals surface area contributed by atoms with Gasteiger partial charge in [-0.15, -0.1) is 0 Å². The number of benzene rings is 3. The zero-order valence-corrected chi connectivity index (χ0v) is 19.5. The van der Waals surface area contributed by atoms with E-state index in [2.05, 4.69) is 19.2 Å². The summed E-state index contributed by atoms with van der Waals surface area (Å²) in [6.07, 6.45) is 0. The third kappa shape index (κ3) is 5.11. The van der Waals surface area contributed by atoms with Crippen LogP contribution in [0.2, 0.25) is 0 Å². The topological polar surface area (TPSA) is 75.7 Å². The van der Waals surface area contributed by atoms with E-state index in [4.69, 9.17) is 4.74 Å². The number of methoxy groups -OCH3 is 1. The van der Waals surface area contributed by atoms with E-state index in [0.29, 0.717) is 11.4 Å². The van der Waals surface area contributed by atoms with Gasteiger partial charge in [-0.05, 0) is 60.4 Å². The van der Waals surface area contributed by atoms with Gasteiger partial charge >= 0.3 is 0 Å². The Morgan fingerprint density at radius 3 is 2.22 bits per heavy atom. The standard InChI is InChI=1S/C25H28N2O4S/c1-18(2)23-12-8-9-19(3)25(23)26-24(28)17-27(20-10-6-5-7-11-20)32(29,30)22-15-13-21(31-4)14-16-22/h5-16,18H,17H2,1-4H3,(H,26,28). The number of nitrogens with one attached hydrogen (secondary N) is 1. The summed E-state index contributed by atoms with van der Waals surface area (Å²) in [5, 5.41) is 2.94. The van der Waals surface area contributed by atoms with Gasteiger partial charge in [-0.2, -0.15) is 0 Å². The summed E-state index contributed by atoms with van der Waals surface area (Å²) in [6, 6.07) is 20.6. The molecule has 0 saturated carbocycles. The van der Waals surface area contributed by atoms with Crippen LogP contribution in [0.3, 0.4) is 0 Å². The quantitative estimate of drug-likeness (QED) is 0.524. The third-order valence-corrected chi connectivity index (χ3v) is 6.96. The molecule has 6 nitrogen and oxygen atoms in total. The van der Waals surface area contributed by atoms with Crippen molar-refractivity contribution in [1.29, 1.82) is 0 Å². The highest BCUT2D eigenvalue weighted by atomic mass is 32.2. The van der Waals surface area contributed by atoms with Crippen LogP contribution < -0.4 is 14.4 Å². The molecule has 0 spiro atoms. The van der Waals surface area contributed by atoms with E-state index in [1.165, 1.54) is 19.2 Å². The fourth-order valence-corrected chi connectivity index (χ4v) is 4.86. The molecule has 168 valence electrons. The molecule has 1 amide bonds. The Morgan fingerprint density at radius 1 is 0.969 bits per heavy atom. The molecule has 0 heterocycles. The number of amides is 1. The molecule has 0 aliphatic rings. The Kier molecular flexibility index (Phi) is 7.20.